The van der Waals surface area contributed by atoms with E-state index in [0.717, 1.165) is 18.2 Å². The summed E-state index contributed by atoms with van der Waals surface area (Å²) in [5.41, 5.74) is -1.04. The van der Waals surface area contributed by atoms with Gasteiger partial charge in [-0.05, 0) is 29.8 Å². The summed E-state index contributed by atoms with van der Waals surface area (Å²) in [6.45, 7) is 4.87. The largest absolute Gasteiger partial charge is 0.417 e. The number of methoxy groups -OCH3 is 1. The highest BCUT2D eigenvalue weighted by Crippen LogP contribution is 2.49. The molecule has 3 aromatic rings. The van der Waals surface area contributed by atoms with Crippen molar-refractivity contribution < 1.29 is 27.1 Å². The van der Waals surface area contributed by atoms with Gasteiger partial charge in [-0.3, -0.25) is 9.36 Å². The number of aromatic nitrogens is 2. The van der Waals surface area contributed by atoms with E-state index in [2.05, 4.69) is 11.6 Å². The number of halogens is 4. The quantitative estimate of drug-likeness (QED) is 0.349. The highest BCUT2D eigenvalue weighted by molar-refractivity contribution is 7.99. The van der Waals surface area contributed by atoms with E-state index in [9.17, 15) is 27.2 Å². The standard InChI is InChI=1S/C26H24F4N4O3S/c1-3-20(35)32-8-10-33(11-9-32)24-18-12-19(26(28,29)30)21(15-4-6-16(27)7-5-15)23-22(18)34(25(36)31-24)17(13-37-2)14-38-23/h3-7,12,17H,1,8-11,13-14H2,2H3/t17-/m0/s1. The molecule has 1 amide bonds. The summed E-state index contributed by atoms with van der Waals surface area (Å²) < 4.78 is 64.0. The molecule has 12 heteroatoms. The fourth-order valence-electron chi connectivity index (χ4n) is 5.04. The average Bonchev–Trinajstić information content (AvgIpc) is 2.90. The first-order valence-electron chi connectivity index (χ1n) is 11.9. The van der Waals surface area contributed by atoms with Crippen LogP contribution in [-0.2, 0) is 15.7 Å². The zero-order valence-corrected chi connectivity index (χ0v) is 21.2. The van der Waals surface area contributed by atoms with Gasteiger partial charge in [0.15, 0.2) is 0 Å². The number of carbonyl (C=O) groups is 1. The molecule has 0 spiro atoms. The van der Waals surface area contributed by atoms with Crippen molar-refractivity contribution in [1.29, 1.82) is 0 Å². The molecule has 7 nitrogen and oxygen atoms in total. The minimum Gasteiger partial charge on any atom is -0.383 e. The van der Waals surface area contributed by atoms with Crippen LogP contribution in [0.1, 0.15) is 11.6 Å². The zero-order chi connectivity index (χ0) is 27.2. The van der Waals surface area contributed by atoms with Crippen molar-refractivity contribution in [1.82, 2.24) is 14.5 Å². The maximum absolute atomic E-state index is 14.5. The summed E-state index contributed by atoms with van der Waals surface area (Å²) >= 11 is 1.21. The van der Waals surface area contributed by atoms with Gasteiger partial charge in [-0.1, -0.05) is 18.7 Å². The Bertz CT molecular complexity index is 1460. The Kier molecular flexibility index (Phi) is 6.95. The molecule has 3 heterocycles. The number of piperazine rings is 1. The molecule has 38 heavy (non-hydrogen) atoms. The van der Waals surface area contributed by atoms with Crippen molar-refractivity contribution in [2.24, 2.45) is 0 Å². The Balaban J connectivity index is 1.78. The van der Waals surface area contributed by atoms with Crippen LogP contribution in [0.25, 0.3) is 22.0 Å². The molecular weight excluding hydrogens is 524 g/mol. The Morgan fingerprint density at radius 3 is 2.50 bits per heavy atom. The van der Waals surface area contributed by atoms with Gasteiger partial charge in [0, 0.05) is 54.9 Å². The molecule has 1 fully saturated rings. The Morgan fingerprint density at radius 2 is 1.89 bits per heavy atom. The number of carbonyl (C=O) groups excluding carboxylic acids is 1. The second-order valence-electron chi connectivity index (χ2n) is 9.05. The molecule has 0 bridgehead atoms. The molecule has 1 aromatic heterocycles. The van der Waals surface area contributed by atoms with Crippen LogP contribution >= 0.6 is 11.8 Å². The number of rotatable bonds is 5. The number of amides is 1. The van der Waals surface area contributed by atoms with Crippen molar-refractivity contribution >= 4 is 34.4 Å². The first-order chi connectivity index (χ1) is 18.1. The molecule has 0 unspecified atom stereocenters. The first kappa shape index (κ1) is 26.2. The maximum atomic E-state index is 14.5. The number of nitrogens with zero attached hydrogens (tertiary/aromatic N) is 4. The van der Waals surface area contributed by atoms with E-state index in [-0.39, 0.29) is 52.8 Å². The van der Waals surface area contributed by atoms with Gasteiger partial charge in [0.25, 0.3) is 0 Å². The van der Waals surface area contributed by atoms with Crippen LogP contribution in [0.15, 0.2) is 52.7 Å². The third-order valence-electron chi connectivity index (χ3n) is 6.79. The van der Waals surface area contributed by atoms with E-state index in [4.69, 9.17) is 4.74 Å². The van der Waals surface area contributed by atoms with Gasteiger partial charge in [0.1, 0.15) is 11.6 Å². The Labute approximate surface area is 219 Å². The van der Waals surface area contributed by atoms with Gasteiger partial charge in [0.05, 0.1) is 23.7 Å². The van der Waals surface area contributed by atoms with E-state index in [0.29, 0.717) is 24.4 Å². The number of hydrogen-bond acceptors (Lipinski definition) is 6. The van der Waals surface area contributed by atoms with E-state index in [1.165, 1.54) is 41.6 Å². The molecule has 5 rings (SSSR count). The SMILES string of the molecule is C=CC(=O)N1CCN(c2nc(=O)n3c4c(c(-c5ccc(F)cc5)c(C(F)(F)F)cc24)SC[C@@H]3COC)CC1. The predicted octanol–water partition coefficient (Wildman–Crippen LogP) is 4.35. The van der Waals surface area contributed by atoms with E-state index in [1.807, 2.05) is 0 Å². The zero-order valence-electron chi connectivity index (χ0n) is 20.4. The van der Waals surface area contributed by atoms with E-state index >= 15 is 0 Å². The summed E-state index contributed by atoms with van der Waals surface area (Å²) in [5.74, 6) is -0.365. The lowest BCUT2D eigenvalue weighted by Gasteiger charge is -2.36. The molecule has 0 N–H and O–H groups in total. The fraction of sp³-hybridized carbons (Fsp3) is 0.346. The first-order valence-corrected chi connectivity index (χ1v) is 12.9. The van der Waals surface area contributed by atoms with Crippen LogP contribution in [0.5, 0.6) is 0 Å². The predicted molar refractivity (Wildman–Crippen MR) is 137 cm³/mol. The van der Waals surface area contributed by atoms with Gasteiger partial charge in [-0.2, -0.15) is 18.2 Å². The molecule has 2 aliphatic heterocycles. The molecule has 0 radical (unpaired) electrons. The molecule has 1 atom stereocenters. The number of ether oxygens (including phenoxy) is 1. The molecule has 2 aromatic carbocycles. The van der Waals surface area contributed by atoms with E-state index < -0.39 is 29.3 Å². The highest BCUT2D eigenvalue weighted by Gasteiger charge is 2.39. The lowest BCUT2D eigenvalue weighted by atomic mass is 9.96. The lowest BCUT2D eigenvalue weighted by molar-refractivity contribution is -0.137. The average molecular weight is 549 g/mol. The van der Waals surface area contributed by atoms with Gasteiger partial charge < -0.3 is 14.5 Å². The fourth-order valence-corrected chi connectivity index (χ4v) is 6.36. The Hall–Kier alpha value is -3.38. The van der Waals surface area contributed by atoms with Crippen LogP contribution in [-0.4, -0.2) is 66.0 Å². The summed E-state index contributed by atoms with van der Waals surface area (Å²) in [5, 5.41) is 0.189. The number of hydrogen-bond donors (Lipinski definition) is 0. The smallest absolute Gasteiger partial charge is 0.383 e. The van der Waals surface area contributed by atoms with Gasteiger partial charge in [-0.25, -0.2) is 9.18 Å². The van der Waals surface area contributed by atoms with Crippen LogP contribution < -0.4 is 10.6 Å². The third kappa shape index (κ3) is 4.55. The van der Waals surface area contributed by atoms with Crippen LogP contribution in [0, 0.1) is 5.82 Å². The molecule has 2 aliphatic rings. The minimum absolute atomic E-state index is 0.0995. The number of alkyl halides is 3. The molecule has 200 valence electrons. The van der Waals surface area contributed by atoms with Gasteiger partial charge in [0.2, 0.25) is 5.91 Å². The number of anilines is 1. The topological polar surface area (TPSA) is 67.7 Å². The summed E-state index contributed by atoms with van der Waals surface area (Å²) in [7, 11) is 1.49. The summed E-state index contributed by atoms with van der Waals surface area (Å²) in [4.78, 5) is 33.3. The van der Waals surface area contributed by atoms with Crippen LogP contribution in [0.2, 0.25) is 0 Å². The maximum Gasteiger partial charge on any atom is 0.417 e. The second kappa shape index (κ2) is 10.1. The summed E-state index contributed by atoms with van der Waals surface area (Å²) in [6.07, 6.45) is -3.52. The third-order valence-corrected chi connectivity index (χ3v) is 8.03. The highest BCUT2D eigenvalue weighted by atomic mass is 32.2. The number of thioether (sulfide) groups is 1. The van der Waals surface area contributed by atoms with Crippen LogP contribution in [0.3, 0.4) is 0 Å². The van der Waals surface area contributed by atoms with Crippen LogP contribution in [0.4, 0.5) is 23.4 Å². The second-order valence-corrected chi connectivity index (χ2v) is 10.1. The van der Waals surface area contributed by atoms with Gasteiger partial charge >= 0.3 is 11.9 Å². The minimum atomic E-state index is -4.73. The van der Waals surface area contributed by atoms with E-state index in [1.54, 1.807) is 9.80 Å². The normalized spacial score (nSPS) is 17.7. The molecular formula is C26H24F4N4O3S. The van der Waals surface area contributed by atoms with Crippen molar-refractivity contribution in [3.05, 3.63) is 64.9 Å². The van der Waals surface area contributed by atoms with Crippen molar-refractivity contribution in [2.75, 3.05) is 50.5 Å². The van der Waals surface area contributed by atoms with Crippen molar-refractivity contribution in [3.8, 4) is 11.1 Å². The van der Waals surface area contributed by atoms with Crippen molar-refractivity contribution in [2.45, 2.75) is 17.1 Å². The molecule has 0 saturated carbocycles. The molecule has 1 saturated heterocycles. The summed E-state index contributed by atoms with van der Waals surface area (Å²) in [6, 6.07) is 5.45. The van der Waals surface area contributed by atoms with Crippen molar-refractivity contribution in [3.63, 3.8) is 0 Å². The number of benzene rings is 2. The van der Waals surface area contributed by atoms with Gasteiger partial charge in [-0.15, -0.1) is 11.8 Å². The monoisotopic (exact) mass is 548 g/mol. The molecule has 0 aliphatic carbocycles. The Morgan fingerprint density at radius 1 is 1.21 bits per heavy atom. The lowest BCUT2D eigenvalue weighted by Crippen LogP contribution is -2.49.